The maximum atomic E-state index is 5.53. The van der Waals surface area contributed by atoms with Crippen molar-refractivity contribution in [1.82, 2.24) is 4.90 Å². The van der Waals surface area contributed by atoms with Crippen molar-refractivity contribution in [1.29, 1.82) is 0 Å². The standard InChI is InChI=1S/C16H21NO3/c1-18-15-6-7-17(11-15)10-13-2-4-14(5-3-13)16-12-19-8-9-20-16/h2-5,8-9,15-16H,6-7,10-12H2,1H3/t15?,16-/m1/s1. The zero-order valence-corrected chi connectivity index (χ0v) is 11.8. The lowest BCUT2D eigenvalue weighted by Crippen LogP contribution is -2.22. The molecule has 1 fully saturated rings. The second-order valence-corrected chi connectivity index (χ2v) is 5.35. The molecule has 0 aliphatic carbocycles. The number of likely N-dealkylation sites (tertiary alicyclic amines) is 1. The van der Waals surface area contributed by atoms with Crippen LogP contribution >= 0.6 is 0 Å². The van der Waals surface area contributed by atoms with E-state index in [0.717, 1.165) is 31.6 Å². The average Bonchev–Trinajstić information content (AvgIpc) is 2.97. The molecule has 1 aromatic rings. The van der Waals surface area contributed by atoms with Gasteiger partial charge in [0.1, 0.15) is 19.1 Å². The summed E-state index contributed by atoms with van der Waals surface area (Å²) in [7, 11) is 1.80. The van der Waals surface area contributed by atoms with E-state index in [1.807, 2.05) is 0 Å². The minimum atomic E-state index is 0.0127. The summed E-state index contributed by atoms with van der Waals surface area (Å²) in [5, 5.41) is 0. The van der Waals surface area contributed by atoms with Crippen LogP contribution in [-0.4, -0.2) is 37.8 Å². The Hall–Kier alpha value is -1.52. The predicted octanol–water partition coefficient (Wildman–Crippen LogP) is 2.47. The van der Waals surface area contributed by atoms with Gasteiger partial charge in [-0.05, 0) is 17.5 Å². The maximum Gasteiger partial charge on any atom is 0.157 e. The van der Waals surface area contributed by atoms with Gasteiger partial charge in [-0.3, -0.25) is 4.90 Å². The Morgan fingerprint density at radius 2 is 2.10 bits per heavy atom. The Bertz CT molecular complexity index is 457. The third-order valence-electron chi connectivity index (χ3n) is 3.96. The van der Waals surface area contributed by atoms with Crippen LogP contribution in [-0.2, 0) is 20.8 Å². The summed E-state index contributed by atoms with van der Waals surface area (Å²) in [6, 6.07) is 8.62. The van der Waals surface area contributed by atoms with E-state index in [2.05, 4.69) is 29.2 Å². The van der Waals surface area contributed by atoms with Crippen LogP contribution in [0.15, 0.2) is 36.8 Å². The van der Waals surface area contributed by atoms with Gasteiger partial charge >= 0.3 is 0 Å². The lowest BCUT2D eigenvalue weighted by molar-refractivity contribution is 0.0326. The molecule has 1 saturated heterocycles. The molecular formula is C16H21NO3. The lowest BCUT2D eigenvalue weighted by Gasteiger charge is -2.21. The summed E-state index contributed by atoms with van der Waals surface area (Å²) in [5.41, 5.74) is 2.49. The van der Waals surface area contributed by atoms with Crippen molar-refractivity contribution >= 4 is 0 Å². The number of rotatable bonds is 4. The van der Waals surface area contributed by atoms with E-state index in [-0.39, 0.29) is 6.10 Å². The summed E-state index contributed by atoms with van der Waals surface area (Å²) in [6.07, 6.45) is 4.74. The van der Waals surface area contributed by atoms with E-state index < -0.39 is 0 Å². The molecule has 2 heterocycles. The molecule has 20 heavy (non-hydrogen) atoms. The first-order chi connectivity index (χ1) is 9.85. The van der Waals surface area contributed by atoms with E-state index in [4.69, 9.17) is 14.2 Å². The quantitative estimate of drug-likeness (QED) is 0.844. The summed E-state index contributed by atoms with van der Waals surface area (Å²) in [6.45, 7) is 3.72. The highest BCUT2D eigenvalue weighted by atomic mass is 16.6. The molecule has 0 amide bonds. The highest BCUT2D eigenvalue weighted by molar-refractivity contribution is 5.25. The van der Waals surface area contributed by atoms with Gasteiger partial charge in [-0.25, -0.2) is 0 Å². The van der Waals surface area contributed by atoms with Crippen LogP contribution in [0.1, 0.15) is 23.7 Å². The summed E-state index contributed by atoms with van der Waals surface area (Å²) < 4.78 is 16.2. The van der Waals surface area contributed by atoms with Gasteiger partial charge in [0.05, 0.1) is 6.10 Å². The zero-order valence-electron chi connectivity index (χ0n) is 11.8. The molecule has 4 heteroatoms. The summed E-state index contributed by atoms with van der Waals surface area (Å²) in [4.78, 5) is 2.44. The van der Waals surface area contributed by atoms with Gasteiger partial charge in [0.2, 0.25) is 0 Å². The van der Waals surface area contributed by atoms with Crippen LogP contribution in [0.5, 0.6) is 0 Å². The molecule has 0 aromatic heterocycles. The monoisotopic (exact) mass is 275 g/mol. The Morgan fingerprint density at radius 1 is 1.25 bits per heavy atom. The van der Waals surface area contributed by atoms with Crippen LogP contribution in [0.2, 0.25) is 0 Å². The van der Waals surface area contributed by atoms with Gasteiger partial charge in [-0.1, -0.05) is 24.3 Å². The SMILES string of the molecule is COC1CCN(Cc2ccc([C@H]3COC=CO3)cc2)C1. The molecule has 0 bridgehead atoms. The Kier molecular flexibility index (Phi) is 4.23. The number of hydrogen-bond acceptors (Lipinski definition) is 4. The van der Waals surface area contributed by atoms with Gasteiger partial charge in [0, 0.05) is 26.7 Å². The van der Waals surface area contributed by atoms with Crippen molar-refractivity contribution in [3.8, 4) is 0 Å². The molecule has 0 N–H and O–H groups in total. The Morgan fingerprint density at radius 3 is 2.75 bits per heavy atom. The minimum absolute atomic E-state index is 0.0127. The lowest BCUT2D eigenvalue weighted by atomic mass is 10.1. The number of ether oxygens (including phenoxy) is 3. The van der Waals surface area contributed by atoms with Crippen LogP contribution < -0.4 is 0 Å². The fourth-order valence-corrected chi connectivity index (χ4v) is 2.75. The number of methoxy groups -OCH3 is 1. The molecule has 0 spiro atoms. The highest BCUT2D eigenvalue weighted by Crippen LogP contribution is 2.22. The highest BCUT2D eigenvalue weighted by Gasteiger charge is 2.22. The van der Waals surface area contributed by atoms with Crippen molar-refractivity contribution in [2.24, 2.45) is 0 Å². The van der Waals surface area contributed by atoms with Crippen LogP contribution in [0.25, 0.3) is 0 Å². The number of benzene rings is 1. The van der Waals surface area contributed by atoms with Crippen LogP contribution in [0, 0.1) is 0 Å². The molecular weight excluding hydrogens is 254 g/mol. The Balaban J connectivity index is 1.57. The smallest absolute Gasteiger partial charge is 0.157 e. The second kappa shape index (κ2) is 6.29. The molecule has 108 valence electrons. The van der Waals surface area contributed by atoms with E-state index in [0.29, 0.717) is 12.7 Å². The normalized spacial score (nSPS) is 26.2. The Labute approximate surface area is 119 Å². The molecule has 1 unspecified atom stereocenters. The number of nitrogens with zero attached hydrogens (tertiary/aromatic N) is 1. The molecule has 3 rings (SSSR count). The van der Waals surface area contributed by atoms with Gasteiger partial charge in [-0.2, -0.15) is 0 Å². The summed E-state index contributed by atoms with van der Waals surface area (Å²) in [5.74, 6) is 0. The van der Waals surface area contributed by atoms with Gasteiger partial charge < -0.3 is 14.2 Å². The first-order valence-electron chi connectivity index (χ1n) is 7.11. The van der Waals surface area contributed by atoms with E-state index >= 15 is 0 Å². The average molecular weight is 275 g/mol. The van der Waals surface area contributed by atoms with Crippen LogP contribution in [0.3, 0.4) is 0 Å². The molecule has 0 saturated carbocycles. The predicted molar refractivity (Wildman–Crippen MR) is 76.1 cm³/mol. The van der Waals surface area contributed by atoms with Crippen molar-refractivity contribution in [2.45, 2.75) is 25.2 Å². The topological polar surface area (TPSA) is 30.9 Å². The largest absolute Gasteiger partial charge is 0.494 e. The molecule has 0 radical (unpaired) electrons. The van der Waals surface area contributed by atoms with Crippen molar-refractivity contribution in [3.05, 3.63) is 47.9 Å². The van der Waals surface area contributed by atoms with Crippen molar-refractivity contribution in [3.63, 3.8) is 0 Å². The second-order valence-electron chi connectivity index (χ2n) is 5.35. The minimum Gasteiger partial charge on any atom is -0.494 e. The van der Waals surface area contributed by atoms with Gasteiger partial charge in [-0.15, -0.1) is 0 Å². The third kappa shape index (κ3) is 3.14. The molecule has 4 nitrogen and oxygen atoms in total. The van der Waals surface area contributed by atoms with Crippen molar-refractivity contribution < 1.29 is 14.2 Å². The summed E-state index contributed by atoms with van der Waals surface area (Å²) >= 11 is 0. The van der Waals surface area contributed by atoms with E-state index in [1.54, 1.807) is 19.6 Å². The molecule has 2 aliphatic heterocycles. The zero-order chi connectivity index (χ0) is 13.8. The molecule has 1 aromatic carbocycles. The fraction of sp³-hybridized carbons (Fsp3) is 0.500. The van der Waals surface area contributed by atoms with Crippen LogP contribution in [0.4, 0.5) is 0 Å². The van der Waals surface area contributed by atoms with E-state index in [9.17, 15) is 0 Å². The molecule has 2 aliphatic rings. The maximum absolute atomic E-state index is 5.53. The van der Waals surface area contributed by atoms with E-state index in [1.165, 1.54) is 5.56 Å². The first kappa shape index (κ1) is 13.5. The van der Waals surface area contributed by atoms with Gasteiger partial charge in [0.15, 0.2) is 6.10 Å². The first-order valence-corrected chi connectivity index (χ1v) is 7.11. The third-order valence-corrected chi connectivity index (χ3v) is 3.96. The van der Waals surface area contributed by atoms with Gasteiger partial charge in [0.25, 0.3) is 0 Å². The van der Waals surface area contributed by atoms with Crippen molar-refractivity contribution in [2.75, 3.05) is 26.8 Å². The fourth-order valence-electron chi connectivity index (χ4n) is 2.75. The molecule has 2 atom stereocenters. The number of hydrogen-bond donors (Lipinski definition) is 0.